The number of methoxy groups -OCH3 is 1. The van der Waals surface area contributed by atoms with Gasteiger partial charge in [0.1, 0.15) is 10.8 Å². The summed E-state index contributed by atoms with van der Waals surface area (Å²) in [7, 11) is 1.62. The molecule has 0 aliphatic rings. The Bertz CT molecular complexity index is 837. The van der Waals surface area contributed by atoms with Gasteiger partial charge < -0.3 is 4.74 Å². The molecule has 3 rings (SSSR count). The van der Waals surface area contributed by atoms with E-state index < -0.39 is 12.2 Å². The topological polar surface area (TPSA) is 52.3 Å². The molecule has 3 aromatic rings. The van der Waals surface area contributed by atoms with Gasteiger partial charge >= 0.3 is 0 Å². The molecule has 0 atom stereocenters. The Morgan fingerprint density at radius 1 is 1.22 bits per heavy atom. The van der Waals surface area contributed by atoms with Crippen LogP contribution in [0.1, 0.15) is 23.4 Å². The van der Waals surface area contributed by atoms with E-state index in [0.717, 1.165) is 21.4 Å². The second kappa shape index (κ2) is 6.49. The van der Waals surface area contributed by atoms with E-state index in [9.17, 15) is 8.78 Å². The van der Waals surface area contributed by atoms with Crippen molar-refractivity contribution in [3.05, 3.63) is 47.3 Å². The van der Waals surface area contributed by atoms with Crippen LogP contribution in [-0.2, 0) is 5.75 Å². The smallest absolute Gasteiger partial charge is 0.299 e. The van der Waals surface area contributed by atoms with Gasteiger partial charge in [-0.15, -0.1) is 10.2 Å². The molecule has 5 nitrogen and oxygen atoms in total. The minimum absolute atomic E-state index is 0.304. The molecule has 0 bridgehead atoms. The molecule has 0 unspecified atom stereocenters. The van der Waals surface area contributed by atoms with E-state index >= 15 is 0 Å². The summed E-state index contributed by atoms with van der Waals surface area (Å²) in [4.78, 5) is 0. The molecule has 2 aromatic heterocycles. The maximum absolute atomic E-state index is 12.9. The fraction of sp³-hybridized carbons (Fsp3) is 0.267. The second-order valence-corrected chi connectivity index (χ2v) is 5.90. The monoisotopic (exact) mass is 336 g/mol. The number of ether oxygens (including phenoxy) is 1. The van der Waals surface area contributed by atoms with Crippen LogP contribution in [-0.4, -0.2) is 26.9 Å². The van der Waals surface area contributed by atoms with Crippen LogP contribution in [0, 0.1) is 6.92 Å². The molecule has 0 saturated carbocycles. The number of aromatic nitrogens is 4. The molecule has 1 aromatic carbocycles. The van der Waals surface area contributed by atoms with Crippen LogP contribution in [0.2, 0.25) is 0 Å². The van der Waals surface area contributed by atoms with E-state index in [0.29, 0.717) is 16.4 Å². The first-order valence-electron chi connectivity index (χ1n) is 6.85. The van der Waals surface area contributed by atoms with Crippen molar-refractivity contribution < 1.29 is 13.5 Å². The number of halogens is 2. The summed E-state index contributed by atoms with van der Waals surface area (Å²) in [5.41, 5.74) is 2.46. The van der Waals surface area contributed by atoms with Crippen LogP contribution >= 0.6 is 11.8 Å². The first-order chi connectivity index (χ1) is 11.1. The third-order valence-electron chi connectivity index (χ3n) is 3.27. The number of alkyl halides is 2. The molecule has 0 amide bonds. The van der Waals surface area contributed by atoms with E-state index in [1.54, 1.807) is 19.2 Å². The zero-order valence-corrected chi connectivity index (χ0v) is 13.3. The van der Waals surface area contributed by atoms with Crippen LogP contribution in [0.5, 0.6) is 5.75 Å². The Kier molecular flexibility index (Phi) is 4.42. The average Bonchev–Trinajstić information content (AvgIpc) is 2.96. The van der Waals surface area contributed by atoms with Crippen molar-refractivity contribution in [3.63, 3.8) is 0 Å². The lowest BCUT2D eigenvalue weighted by molar-refractivity contribution is 0.137. The summed E-state index contributed by atoms with van der Waals surface area (Å²) in [6.07, 6.45) is -2.71. The van der Waals surface area contributed by atoms with Gasteiger partial charge in [-0.1, -0.05) is 29.5 Å². The number of nitrogens with zero attached hydrogens (tertiary/aromatic N) is 4. The van der Waals surface area contributed by atoms with Crippen LogP contribution < -0.4 is 4.74 Å². The summed E-state index contributed by atoms with van der Waals surface area (Å²) in [6.45, 7) is 2.00. The van der Waals surface area contributed by atoms with Gasteiger partial charge in [0.2, 0.25) is 5.82 Å². The second-order valence-electron chi connectivity index (χ2n) is 4.90. The lowest BCUT2D eigenvalue weighted by Crippen LogP contribution is -2.00. The lowest BCUT2D eigenvalue weighted by Gasteiger charge is -2.09. The zero-order chi connectivity index (χ0) is 16.4. The number of hydrogen-bond donors (Lipinski definition) is 0. The molecule has 0 aliphatic heterocycles. The van der Waals surface area contributed by atoms with Crippen molar-refractivity contribution in [2.24, 2.45) is 0 Å². The van der Waals surface area contributed by atoms with Crippen LogP contribution in [0.25, 0.3) is 5.65 Å². The predicted octanol–water partition coefficient (Wildman–Crippen LogP) is 3.67. The molecule has 0 saturated heterocycles. The molecule has 0 fully saturated rings. The fourth-order valence-electron chi connectivity index (χ4n) is 2.17. The summed E-state index contributed by atoms with van der Waals surface area (Å²) in [5.74, 6) is 0.965. The van der Waals surface area contributed by atoms with Gasteiger partial charge in [0.25, 0.3) is 6.43 Å². The molecule has 0 radical (unpaired) electrons. The zero-order valence-electron chi connectivity index (χ0n) is 12.5. The Hall–Kier alpha value is -2.22. The lowest BCUT2D eigenvalue weighted by atomic mass is 10.1. The SMILES string of the molecule is COc1ccc(C)cc1CSc1ccc2nnc(C(F)F)n2n1. The Morgan fingerprint density at radius 3 is 2.78 bits per heavy atom. The van der Waals surface area contributed by atoms with Gasteiger partial charge in [-0.05, 0) is 25.1 Å². The first-order valence-corrected chi connectivity index (χ1v) is 7.84. The van der Waals surface area contributed by atoms with Gasteiger partial charge in [-0.3, -0.25) is 0 Å². The molecule has 8 heteroatoms. The number of benzene rings is 1. The summed E-state index contributed by atoms with van der Waals surface area (Å²) >= 11 is 1.44. The fourth-order valence-corrected chi connectivity index (χ4v) is 3.01. The van der Waals surface area contributed by atoms with E-state index in [1.807, 2.05) is 25.1 Å². The number of rotatable bonds is 5. The quantitative estimate of drug-likeness (QED) is 0.666. The highest BCUT2D eigenvalue weighted by Gasteiger charge is 2.17. The number of hydrogen-bond acceptors (Lipinski definition) is 5. The van der Waals surface area contributed by atoms with Gasteiger partial charge in [-0.2, -0.15) is 9.61 Å². The molecular formula is C15H14F2N4OS. The normalized spacial score (nSPS) is 11.3. The minimum atomic E-state index is -2.71. The van der Waals surface area contributed by atoms with Crippen LogP contribution in [0.4, 0.5) is 8.78 Å². The van der Waals surface area contributed by atoms with Gasteiger partial charge in [0, 0.05) is 11.3 Å². The largest absolute Gasteiger partial charge is 0.496 e. The van der Waals surface area contributed by atoms with Gasteiger partial charge in [-0.25, -0.2) is 8.78 Å². The number of thioether (sulfide) groups is 1. The minimum Gasteiger partial charge on any atom is -0.496 e. The third-order valence-corrected chi connectivity index (χ3v) is 4.24. The Labute approximate surface area is 135 Å². The van der Waals surface area contributed by atoms with E-state index in [2.05, 4.69) is 15.3 Å². The van der Waals surface area contributed by atoms with Crippen molar-refractivity contribution in [2.45, 2.75) is 24.1 Å². The van der Waals surface area contributed by atoms with Gasteiger partial charge in [0.15, 0.2) is 5.65 Å². The summed E-state index contributed by atoms with van der Waals surface area (Å²) < 4.78 is 32.2. The standard InChI is InChI=1S/C15H14F2N4OS/c1-9-3-4-11(22-2)10(7-9)8-23-13-6-5-12-18-19-15(14(16)17)21(12)20-13/h3-7,14H,8H2,1-2H3. The maximum atomic E-state index is 12.9. The third kappa shape index (κ3) is 3.26. The predicted molar refractivity (Wildman–Crippen MR) is 83.0 cm³/mol. The average molecular weight is 336 g/mol. The first kappa shape index (κ1) is 15.7. The molecule has 0 aliphatic carbocycles. The highest BCUT2D eigenvalue weighted by Crippen LogP contribution is 2.28. The molecule has 0 N–H and O–H groups in total. The number of fused-ring (bicyclic) bond motifs is 1. The highest BCUT2D eigenvalue weighted by atomic mass is 32.2. The Balaban J connectivity index is 1.85. The molecule has 23 heavy (non-hydrogen) atoms. The van der Waals surface area contributed by atoms with Crippen molar-refractivity contribution in [1.29, 1.82) is 0 Å². The highest BCUT2D eigenvalue weighted by molar-refractivity contribution is 7.98. The van der Waals surface area contributed by atoms with Crippen molar-refractivity contribution in [2.75, 3.05) is 7.11 Å². The number of aryl methyl sites for hydroxylation is 1. The molecule has 0 spiro atoms. The van der Waals surface area contributed by atoms with E-state index in [1.165, 1.54) is 11.8 Å². The maximum Gasteiger partial charge on any atom is 0.299 e. The summed E-state index contributed by atoms with van der Waals surface area (Å²) in [5, 5.41) is 11.9. The van der Waals surface area contributed by atoms with E-state index in [-0.39, 0.29) is 0 Å². The van der Waals surface area contributed by atoms with Crippen molar-refractivity contribution >= 4 is 17.4 Å². The molecular weight excluding hydrogens is 322 g/mol. The van der Waals surface area contributed by atoms with Gasteiger partial charge in [0.05, 0.1) is 7.11 Å². The summed E-state index contributed by atoms with van der Waals surface area (Å²) in [6, 6.07) is 9.29. The van der Waals surface area contributed by atoms with E-state index in [4.69, 9.17) is 4.74 Å². The van der Waals surface area contributed by atoms with Crippen LogP contribution in [0.15, 0.2) is 35.4 Å². The van der Waals surface area contributed by atoms with Crippen LogP contribution in [0.3, 0.4) is 0 Å². The van der Waals surface area contributed by atoms with Crippen molar-refractivity contribution in [3.8, 4) is 5.75 Å². The molecule has 120 valence electrons. The molecule has 2 heterocycles. The van der Waals surface area contributed by atoms with Crippen molar-refractivity contribution in [1.82, 2.24) is 19.8 Å². The Morgan fingerprint density at radius 2 is 2.04 bits per heavy atom.